The number of hydroxylamine groups is 2. The first-order chi connectivity index (χ1) is 11.4. The van der Waals surface area contributed by atoms with E-state index in [1.54, 1.807) is 19.1 Å². The Morgan fingerprint density at radius 3 is 2.17 bits per heavy atom. The molecule has 0 spiro atoms. The summed E-state index contributed by atoms with van der Waals surface area (Å²) in [6.07, 6.45) is 2.36. The number of carbonyl (C=O) groups excluding carboxylic acids is 2. The lowest BCUT2D eigenvalue weighted by Crippen LogP contribution is -2.41. The zero-order valence-corrected chi connectivity index (χ0v) is 13.2. The second-order valence-corrected chi connectivity index (χ2v) is 5.21. The third kappa shape index (κ3) is 4.06. The molecule has 1 aromatic rings. The Labute approximate surface area is 138 Å². The topological polar surface area (TPSA) is 119 Å². The number of anilines is 1. The average molecular weight is 334 g/mol. The zero-order chi connectivity index (χ0) is 17.7. The van der Waals surface area contributed by atoms with Crippen LogP contribution >= 0.6 is 0 Å². The second kappa shape index (κ2) is 7.37. The van der Waals surface area contributed by atoms with E-state index in [9.17, 15) is 20.0 Å². The van der Waals surface area contributed by atoms with Crippen LogP contribution in [0.15, 0.2) is 47.8 Å². The SMILES string of the molecule is CC[N+](O)(O)c1ccc(NC2=CC(=O)C(NCCO)=CC2=O)cc1. The zero-order valence-electron chi connectivity index (χ0n) is 13.2. The molecule has 5 N–H and O–H groups in total. The van der Waals surface area contributed by atoms with E-state index < -0.39 is 4.81 Å². The number of quaternary nitrogens is 1. The summed E-state index contributed by atoms with van der Waals surface area (Å²) in [5.41, 5.74) is 1.06. The highest BCUT2D eigenvalue weighted by Crippen LogP contribution is 2.22. The molecule has 0 amide bonds. The number of hydrogen-bond acceptors (Lipinski definition) is 7. The highest BCUT2D eigenvalue weighted by molar-refractivity contribution is 6.20. The van der Waals surface area contributed by atoms with Crippen molar-refractivity contribution in [1.82, 2.24) is 10.1 Å². The third-order valence-corrected chi connectivity index (χ3v) is 3.51. The number of carbonyl (C=O) groups is 2. The van der Waals surface area contributed by atoms with Crippen LogP contribution < -0.4 is 15.4 Å². The molecule has 8 heteroatoms. The molecule has 0 bridgehead atoms. The average Bonchev–Trinajstić information content (AvgIpc) is 2.57. The Morgan fingerprint density at radius 1 is 1.00 bits per heavy atom. The van der Waals surface area contributed by atoms with Crippen LogP contribution in [0.1, 0.15) is 6.92 Å². The van der Waals surface area contributed by atoms with Gasteiger partial charge in [0, 0.05) is 36.5 Å². The van der Waals surface area contributed by atoms with Crippen LogP contribution in [0.4, 0.5) is 11.4 Å². The summed E-state index contributed by atoms with van der Waals surface area (Å²) in [7, 11) is 0. The van der Waals surface area contributed by atoms with Gasteiger partial charge in [-0.2, -0.15) is 10.4 Å². The quantitative estimate of drug-likeness (QED) is 0.283. The van der Waals surface area contributed by atoms with Gasteiger partial charge < -0.3 is 15.7 Å². The van der Waals surface area contributed by atoms with Crippen molar-refractivity contribution < 1.29 is 25.1 Å². The predicted octanol–water partition coefficient (Wildman–Crippen LogP) is 0.706. The molecule has 1 aromatic carbocycles. The van der Waals surface area contributed by atoms with Crippen molar-refractivity contribution >= 4 is 22.9 Å². The molecule has 0 aliphatic heterocycles. The van der Waals surface area contributed by atoms with Crippen LogP contribution in [-0.4, -0.2) is 46.8 Å². The first-order valence-corrected chi connectivity index (χ1v) is 7.45. The summed E-state index contributed by atoms with van der Waals surface area (Å²) in [5.74, 6) is -0.739. The number of nitrogens with zero attached hydrogens (tertiary/aromatic N) is 1. The number of ketones is 2. The van der Waals surface area contributed by atoms with Crippen LogP contribution in [0, 0.1) is 0 Å². The number of aliphatic hydroxyl groups excluding tert-OH is 1. The second-order valence-electron chi connectivity index (χ2n) is 5.21. The number of aliphatic hydroxyl groups is 1. The Kier molecular flexibility index (Phi) is 5.47. The lowest BCUT2D eigenvalue weighted by molar-refractivity contribution is -0.287. The standard InChI is InChI=1S/C16H19N3O5/c1-2-19(23,24)12-5-3-11(4-6-12)18-14-10-15(21)13(9-16(14)22)17-7-8-20/h3-6,9-10,20,23-24H,2,7-8H2,1H3,(H-,17,18,21,22)/p+1. The lowest BCUT2D eigenvalue weighted by Gasteiger charge is -2.19. The van der Waals surface area contributed by atoms with Crippen LogP contribution in [0.3, 0.4) is 0 Å². The number of rotatable bonds is 7. The Hall–Kier alpha value is -2.52. The van der Waals surface area contributed by atoms with E-state index in [0.29, 0.717) is 5.69 Å². The van der Waals surface area contributed by atoms with Crippen molar-refractivity contribution in [3.63, 3.8) is 0 Å². The van der Waals surface area contributed by atoms with Crippen LogP contribution in [0.2, 0.25) is 0 Å². The minimum Gasteiger partial charge on any atom is -0.395 e. The number of benzene rings is 1. The summed E-state index contributed by atoms with van der Waals surface area (Å²) in [6.45, 7) is 1.74. The molecule has 128 valence electrons. The molecule has 0 atom stereocenters. The number of nitrogens with one attached hydrogen (secondary N) is 2. The smallest absolute Gasteiger partial charge is 0.204 e. The Bertz CT molecular complexity index is 692. The van der Waals surface area contributed by atoms with Gasteiger partial charge in [0.1, 0.15) is 6.54 Å². The fourth-order valence-electron chi connectivity index (χ4n) is 2.11. The number of hydrogen-bond donors (Lipinski definition) is 5. The highest BCUT2D eigenvalue weighted by atomic mass is 16.8. The summed E-state index contributed by atoms with van der Waals surface area (Å²) in [5, 5.41) is 33.7. The first-order valence-electron chi connectivity index (χ1n) is 7.45. The van der Waals surface area contributed by atoms with Gasteiger partial charge >= 0.3 is 0 Å². The van der Waals surface area contributed by atoms with E-state index in [4.69, 9.17) is 5.11 Å². The van der Waals surface area contributed by atoms with Gasteiger partial charge in [0.25, 0.3) is 0 Å². The van der Waals surface area contributed by atoms with Crippen molar-refractivity contribution in [3.8, 4) is 0 Å². The maximum atomic E-state index is 12.0. The molecule has 0 saturated carbocycles. The molecule has 8 nitrogen and oxygen atoms in total. The molecule has 1 aliphatic rings. The van der Waals surface area contributed by atoms with Crippen molar-refractivity contribution in [2.24, 2.45) is 0 Å². The summed E-state index contributed by atoms with van der Waals surface area (Å²) < 4.78 is 0. The fourth-order valence-corrected chi connectivity index (χ4v) is 2.11. The van der Waals surface area contributed by atoms with E-state index in [0.717, 1.165) is 0 Å². The van der Waals surface area contributed by atoms with Crippen molar-refractivity contribution in [2.45, 2.75) is 6.92 Å². The maximum Gasteiger partial charge on any atom is 0.204 e. The minimum atomic E-state index is -1.23. The van der Waals surface area contributed by atoms with E-state index in [2.05, 4.69) is 10.6 Å². The molecule has 24 heavy (non-hydrogen) atoms. The highest BCUT2D eigenvalue weighted by Gasteiger charge is 2.24. The van der Waals surface area contributed by atoms with E-state index in [-0.39, 0.29) is 48.3 Å². The van der Waals surface area contributed by atoms with Gasteiger partial charge in [0.15, 0.2) is 5.69 Å². The molecule has 0 radical (unpaired) electrons. The molecular formula is C16H20N3O5+. The van der Waals surface area contributed by atoms with Gasteiger partial charge in [-0.25, -0.2) is 0 Å². The van der Waals surface area contributed by atoms with Crippen LogP contribution in [0.25, 0.3) is 0 Å². The predicted molar refractivity (Wildman–Crippen MR) is 87.2 cm³/mol. The van der Waals surface area contributed by atoms with Gasteiger partial charge in [0.2, 0.25) is 11.6 Å². The van der Waals surface area contributed by atoms with Crippen molar-refractivity contribution in [1.29, 1.82) is 0 Å². The van der Waals surface area contributed by atoms with Gasteiger partial charge in [-0.05, 0) is 23.9 Å². The van der Waals surface area contributed by atoms with E-state index in [1.165, 1.54) is 24.3 Å². The molecule has 0 aromatic heterocycles. The van der Waals surface area contributed by atoms with E-state index in [1.807, 2.05) is 0 Å². The Morgan fingerprint density at radius 2 is 1.58 bits per heavy atom. The normalized spacial score (nSPS) is 15.0. The van der Waals surface area contributed by atoms with Crippen molar-refractivity contribution in [3.05, 3.63) is 47.8 Å². The van der Waals surface area contributed by atoms with Gasteiger partial charge in [0.05, 0.1) is 18.0 Å². The molecule has 1 aliphatic carbocycles. The molecule has 0 saturated heterocycles. The fraction of sp³-hybridized carbons (Fsp3) is 0.250. The summed E-state index contributed by atoms with van der Waals surface area (Å²) in [6, 6.07) is 6.16. The third-order valence-electron chi connectivity index (χ3n) is 3.51. The molecular weight excluding hydrogens is 314 g/mol. The van der Waals surface area contributed by atoms with Crippen molar-refractivity contribution in [2.75, 3.05) is 25.0 Å². The molecule has 2 rings (SSSR count). The lowest BCUT2D eigenvalue weighted by atomic mass is 10.1. The van der Waals surface area contributed by atoms with Gasteiger partial charge in [-0.3, -0.25) is 9.59 Å². The van der Waals surface area contributed by atoms with Crippen LogP contribution in [0.5, 0.6) is 0 Å². The van der Waals surface area contributed by atoms with E-state index >= 15 is 0 Å². The van der Waals surface area contributed by atoms with Gasteiger partial charge in [-0.1, -0.05) is 0 Å². The van der Waals surface area contributed by atoms with Gasteiger partial charge in [-0.15, -0.1) is 0 Å². The minimum absolute atomic E-state index is 0.0827. The Balaban J connectivity index is 2.09. The first kappa shape index (κ1) is 17.8. The molecule has 0 fully saturated rings. The molecule has 0 heterocycles. The summed E-state index contributed by atoms with van der Waals surface area (Å²) >= 11 is 0. The number of allylic oxidation sites excluding steroid dienone is 2. The molecule has 0 unspecified atom stereocenters. The largest absolute Gasteiger partial charge is 0.395 e. The van der Waals surface area contributed by atoms with Crippen LogP contribution in [-0.2, 0) is 9.59 Å². The maximum absolute atomic E-state index is 12.0. The summed E-state index contributed by atoms with van der Waals surface area (Å²) in [4.78, 5) is 22.7. The monoisotopic (exact) mass is 334 g/mol.